The van der Waals surface area contributed by atoms with Crippen LogP contribution < -0.4 is 10.9 Å². The number of amides is 2. The van der Waals surface area contributed by atoms with Crippen LogP contribution in [-0.2, 0) is 32.5 Å². The fraction of sp³-hybridized carbons (Fsp3) is 0.333. The molecule has 2 aromatic rings. The van der Waals surface area contributed by atoms with Gasteiger partial charge in [0.15, 0.2) is 0 Å². The minimum atomic E-state index is -3.78. The first kappa shape index (κ1) is 22.6. The van der Waals surface area contributed by atoms with Gasteiger partial charge in [-0.25, -0.2) is 8.42 Å². The summed E-state index contributed by atoms with van der Waals surface area (Å²) < 4.78 is 25.9. The lowest BCUT2D eigenvalue weighted by Crippen LogP contribution is -2.46. The van der Waals surface area contributed by atoms with Crippen LogP contribution in [0.2, 0.25) is 0 Å². The number of sulfonamides is 1. The second kappa shape index (κ2) is 10.2. The summed E-state index contributed by atoms with van der Waals surface area (Å²) in [5.41, 5.74) is 7.78. The Morgan fingerprint density at radius 3 is 2.03 bits per heavy atom. The molecule has 0 spiro atoms. The Morgan fingerprint density at radius 2 is 1.45 bits per heavy atom. The summed E-state index contributed by atoms with van der Waals surface area (Å²) in [5.74, 6) is -0.967. The maximum atomic E-state index is 12.5. The van der Waals surface area contributed by atoms with E-state index in [9.17, 15) is 18.0 Å². The van der Waals surface area contributed by atoms with Gasteiger partial charge in [0.05, 0.1) is 11.4 Å². The highest BCUT2D eigenvalue weighted by Gasteiger charge is 2.22. The monoisotopic (exact) mass is 417 g/mol. The summed E-state index contributed by atoms with van der Waals surface area (Å²) >= 11 is 0. The van der Waals surface area contributed by atoms with Gasteiger partial charge in [0.1, 0.15) is 0 Å². The molecule has 0 atom stereocenters. The zero-order chi connectivity index (χ0) is 21.4. The Labute approximate surface area is 172 Å². The minimum Gasteiger partial charge on any atom is -0.273 e. The lowest BCUT2D eigenvalue weighted by Gasteiger charge is -2.17. The van der Waals surface area contributed by atoms with Gasteiger partial charge in [-0.2, -0.15) is 4.31 Å². The maximum absolute atomic E-state index is 12.5. The molecule has 2 amide bonds. The molecule has 0 aliphatic rings. The van der Waals surface area contributed by atoms with E-state index in [1.165, 1.54) is 24.7 Å². The molecule has 0 radical (unpaired) electrons. The van der Waals surface area contributed by atoms with Crippen LogP contribution in [-0.4, -0.2) is 38.1 Å². The van der Waals surface area contributed by atoms with E-state index >= 15 is 0 Å². The van der Waals surface area contributed by atoms with Crippen molar-refractivity contribution in [1.29, 1.82) is 0 Å². The zero-order valence-corrected chi connectivity index (χ0v) is 17.8. The van der Waals surface area contributed by atoms with Crippen molar-refractivity contribution in [1.82, 2.24) is 15.2 Å². The van der Waals surface area contributed by atoms with Crippen molar-refractivity contribution in [3.63, 3.8) is 0 Å². The van der Waals surface area contributed by atoms with Gasteiger partial charge in [0, 0.05) is 13.5 Å². The second-order valence-electron chi connectivity index (χ2n) is 6.84. The largest absolute Gasteiger partial charge is 0.273 e. The van der Waals surface area contributed by atoms with Crippen LogP contribution in [0.1, 0.15) is 30.0 Å². The number of likely N-dealkylation sites (N-methyl/N-ethyl adjacent to an activating group) is 1. The highest BCUT2D eigenvalue weighted by Crippen LogP contribution is 2.14. The van der Waals surface area contributed by atoms with E-state index in [0.29, 0.717) is 6.42 Å². The lowest BCUT2D eigenvalue weighted by atomic mass is 10.1. The topological polar surface area (TPSA) is 95.6 Å². The molecule has 2 rings (SSSR count). The standard InChI is InChI=1S/C21H27N3O4S/c1-4-17-7-9-18(10-8-17)11-14-20(25)22-23-21(26)15-24(3)29(27,28)19-12-5-16(2)6-13-19/h5-10,12-13H,4,11,14-15H2,1-3H3,(H,22,25)(H,23,26). The van der Waals surface area contributed by atoms with E-state index in [1.807, 2.05) is 31.2 Å². The van der Waals surface area contributed by atoms with Gasteiger partial charge in [0.25, 0.3) is 5.91 Å². The quantitative estimate of drug-likeness (QED) is 0.642. The summed E-state index contributed by atoms with van der Waals surface area (Å²) in [7, 11) is -2.47. The maximum Gasteiger partial charge on any atom is 0.253 e. The van der Waals surface area contributed by atoms with Gasteiger partial charge in [0.2, 0.25) is 15.9 Å². The third-order valence-electron chi connectivity index (χ3n) is 4.51. The van der Waals surface area contributed by atoms with Crippen molar-refractivity contribution in [2.24, 2.45) is 0 Å². The number of hydrogen-bond acceptors (Lipinski definition) is 4. The molecule has 0 aromatic heterocycles. The smallest absolute Gasteiger partial charge is 0.253 e. The van der Waals surface area contributed by atoms with E-state index in [4.69, 9.17) is 0 Å². The molecule has 2 N–H and O–H groups in total. The molecule has 0 aliphatic heterocycles. The molecule has 0 heterocycles. The van der Waals surface area contributed by atoms with E-state index in [2.05, 4.69) is 17.8 Å². The summed E-state index contributed by atoms with van der Waals surface area (Å²) in [6.45, 7) is 3.53. The summed E-state index contributed by atoms with van der Waals surface area (Å²) in [6, 6.07) is 14.4. The molecule has 0 saturated heterocycles. The van der Waals surface area contributed by atoms with Crippen molar-refractivity contribution < 1.29 is 18.0 Å². The SMILES string of the molecule is CCc1ccc(CCC(=O)NNC(=O)CN(C)S(=O)(=O)c2ccc(C)cc2)cc1. The number of benzene rings is 2. The fourth-order valence-electron chi connectivity index (χ4n) is 2.62. The van der Waals surface area contributed by atoms with Crippen LogP contribution in [0, 0.1) is 6.92 Å². The molecular formula is C21H27N3O4S. The summed E-state index contributed by atoms with van der Waals surface area (Å²) in [6.07, 6.45) is 1.72. The van der Waals surface area contributed by atoms with E-state index in [0.717, 1.165) is 21.9 Å². The van der Waals surface area contributed by atoms with Crippen molar-refractivity contribution in [2.45, 2.75) is 38.0 Å². The first-order valence-electron chi connectivity index (χ1n) is 9.41. The van der Waals surface area contributed by atoms with Crippen molar-refractivity contribution in [3.05, 3.63) is 65.2 Å². The number of nitrogens with one attached hydrogen (secondary N) is 2. The summed E-state index contributed by atoms with van der Waals surface area (Å²) in [5, 5.41) is 0. The van der Waals surface area contributed by atoms with E-state index in [-0.39, 0.29) is 17.2 Å². The highest BCUT2D eigenvalue weighted by molar-refractivity contribution is 7.89. The second-order valence-corrected chi connectivity index (χ2v) is 8.89. The number of carbonyl (C=O) groups is 2. The Bertz CT molecular complexity index is 939. The normalized spacial score (nSPS) is 11.3. The van der Waals surface area contributed by atoms with Gasteiger partial charge in [-0.15, -0.1) is 0 Å². The molecule has 0 saturated carbocycles. The van der Waals surface area contributed by atoms with Crippen molar-refractivity contribution in [3.8, 4) is 0 Å². The van der Waals surface area contributed by atoms with Crippen LogP contribution in [0.15, 0.2) is 53.4 Å². The molecule has 0 bridgehead atoms. The molecule has 0 unspecified atom stereocenters. The number of hydrazine groups is 1. The minimum absolute atomic E-state index is 0.108. The predicted molar refractivity (Wildman–Crippen MR) is 111 cm³/mol. The fourth-order valence-corrected chi connectivity index (χ4v) is 3.75. The lowest BCUT2D eigenvalue weighted by molar-refractivity contribution is -0.128. The molecule has 2 aromatic carbocycles. The molecule has 8 heteroatoms. The van der Waals surface area contributed by atoms with Crippen LogP contribution >= 0.6 is 0 Å². The first-order valence-corrected chi connectivity index (χ1v) is 10.8. The molecule has 156 valence electrons. The van der Waals surface area contributed by atoms with Gasteiger partial charge in [-0.1, -0.05) is 48.9 Å². The van der Waals surface area contributed by atoms with Crippen molar-refractivity contribution in [2.75, 3.05) is 13.6 Å². The average molecular weight is 418 g/mol. The Hall–Kier alpha value is -2.71. The van der Waals surface area contributed by atoms with Crippen LogP contribution in [0.25, 0.3) is 0 Å². The molecule has 7 nitrogen and oxygen atoms in total. The van der Waals surface area contributed by atoms with Crippen LogP contribution in [0.5, 0.6) is 0 Å². The molecular weight excluding hydrogens is 390 g/mol. The number of hydrogen-bond donors (Lipinski definition) is 2. The van der Waals surface area contributed by atoms with Crippen LogP contribution in [0.4, 0.5) is 0 Å². The number of rotatable bonds is 8. The van der Waals surface area contributed by atoms with E-state index in [1.54, 1.807) is 12.1 Å². The van der Waals surface area contributed by atoms with Gasteiger partial charge >= 0.3 is 0 Å². The average Bonchev–Trinajstić information content (AvgIpc) is 2.71. The Balaban J connectivity index is 1.79. The molecule has 0 fully saturated rings. The van der Waals surface area contributed by atoms with Crippen molar-refractivity contribution >= 4 is 21.8 Å². The number of aryl methyl sites for hydroxylation is 3. The third kappa shape index (κ3) is 6.69. The van der Waals surface area contributed by atoms with Crippen LogP contribution in [0.3, 0.4) is 0 Å². The van der Waals surface area contributed by atoms with Gasteiger partial charge in [-0.3, -0.25) is 20.4 Å². The predicted octanol–water partition coefficient (Wildman–Crippen LogP) is 1.96. The van der Waals surface area contributed by atoms with E-state index < -0.39 is 22.5 Å². The Kier molecular flexibility index (Phi) is 7.92. The summed E-state index contributed by atoms with van der Waals surface area (Å²) in [4.78, 5) is 24.0. The zero-order valence-electron chi connectivity index (χ0n) is 16.9. The molecule has 29 heavy (non-hydrogen) atoms. The molecule has 0 aliphatic carbocycles. The van der Waals surface area contributed by atoms with Gasteiger partial charge < -0.3 is 0 Å². The first-order chi connectivity index (χ1) is 13.7. The number of carbonyl (C=O) groups excluding carboxylic acids is 2. The Morgan fingerprint density at radius 1 is 0.897 bits per heavy atom. The third-order valence-corrected chi connectivity index (χ3v) is 6.33. The highest BCUT2D eigenvalue weighted by atomic mass is 32.2. The number of nitrogens with zero attached hydrogens (tertiary/aromatic N) is 1. The van der Waals surface area contributed by atoms with Gasteiger partial charge in [-0.05, 0) is 43.0 Å².